The van der Waals surface area contributed by atoms with Crippen molar-refractivity contribution in [3.8, 4) is 16.8 Å². The minimum Gasteiger partial charge on any atom is -0.456 e. The van der Waals surface area contributed by atoms with Crippen LogP contribution in [0, 0.1) is 0 Å². The van der Waals surface area contributed by atoms with E-state index < -0.39 is 0 Å². The molecule has 2 nitrogen and oxygen atoms in total. The molecule has 8 aromatic carbocycles. The summed E-state index contributed by atoms with van der Waals surface area (Å²) in [7, 11) is 0. The van der Waals surface area contributed by atoms with Crippen molar-refractivity contribution in [2.45, 2.75) is 0 Å². The standard InChI is InChI=1S/C42H25NO/c1-2-11-28-25-41-36(23-27(28)10-1)35-24-29(18-22-40(35)44-41)30-19-21-38(33-14-6-5-13-32(30)33)43-37-16-8-7-15-34(37)42-31-12-4-3-9-26(31)17-20-39(42)43/h1-25H. The lowest BCUT2D eigenvalue weighted by atomic mass is 9.95. The summed E-state index contributed by atoms with van der Waals surface area (Å²) in [4.78, 5) is 0. The van der Waals surface area contributed by atoms with Crippen molar-refractivity contribution in [2.24, 2.45) is 0 Å². The van der Waals surface area contributed by atoms with Gasteiger partial charge in [-0.05, 0) is 80.5 Å². The van der Waals surface area contributed by atoms with Crippen molar-refractivity contribution in [1.82, 2.24) is 4.57 Å². The van der Waals surface area contributed by atoms with Gasteiger partial charge in [0.25, 0.3) is 0 Å². The number of nitrogens with zero attached hydrogens (tertiary/aromatic N) is 1. The van der Waals surface area contributed by atoms with Gasteiger partial charge in [-0.15, -0.1) is 0 Å². The number of aromatic nitrogens is 1. The van der Waals surface area contributed by atoms with Crippen molar-refractivity contribution in [3.05, 3.63) is 152 Å². The molecule has 2 heterocycles. The fourth-order valence-electron chi connectivity index (χ4n) is 7.36. The summed E-state index contributed by atoms with van der Waals surface area (Å²) in [6.45, 7) is 0. The molecule has 0 aliphatic carbocycles. The maximum Gasteiger partial charge on any atom is 0.136 e. The van der Waals surface area contributed by atoms with Crippen LogP contribution in [0.15, 0.2) is 156 Å². The number of furan rings is 1. The Morgan fingerprint density at radius 2 is 1.07 bits per heavy atom. The van der Waals surface area contributed by atoms with Gasteiger partial charge in [0.15, 0.2) is 0 Å². The van der Waals surface area contributed by atoms with Crippen LogP contribution in [0.1, 0.15) is 0 Å². The van der Waals surface area contributed by atoms with Gasteiger partial charge in [-0.2, -0.15) is 0 Å². The van der Waals surface area contributed by atoms with E-state index in [1.165, 1.54) is 70.9 Å². The second kappa shape index (κ2) is 8.82. The van der Waals surface area contributed by atoms with Crippen LogP contribution in [0.4, 0.5) is 0 Å². The summed E-state index contributed by atoms with van der Waals surface area (Å²) in [6.07, 6.45) is 0. The van der Waals surface area contributed by atoms with Gasteiger partial charge in [0.05, 0.1) is 16.7 Å². The van der Waals surface area contributed by atoms with E-state index in [1.54, 1.807) is 0 Å². The number of fused-ring (bicyclic) bond motifs is 10. The molecular weight excluding hydrogens is 534 g/mol. The second-order valence-corrected chi connectivity index (χ2v) is 11.7. The highest BCUT2D eigenvalue weighted by Gasteiger charge is 2.18. The number of hydrogen-bond donors (Lipinski definition) is 0. The Balaban J connectivity index is 1.23. The van der Waals surface area contributed by atoms with Gasteiger partial charge in [-0.25, -0.2) is 0 Å². The molecule has 0 spiro atoms. The van der Waals surface area contributed by atoms with E-state index in [0.717, 1.165) is 21.9 Å². The molecule has 0 bridgehead atoms. The predicted molar refractivity (Wildman–Crippen MR) is 186 cm³/mol. The van der Waals surface area contributed by atoms with Gasteiger partial charge in [0, 0.05) is 26.9 Å². The third kappa shape index (κ3) is 3.25. The third-order valence-corrected chi connectivity index (χ3v) is 9.35. The van der Waals surface area contributed by atoms with Crippen molar-refractivity contribution < 1.29 is 4.42 Å². The van der Waals surface area contributed by atoms with E-state index in [2.05, 4.69) is 156 Å². The van der Waals surface area contributed by atoms with Crippen molar-refractivity contribution >= 4 is 76.1 Å². The SMILES string of the molecule is c1ccc2cc3c(cc2c1)oc1ccc(-c2ccc(-n4c5ccccc5c5c6ccccc6ccc54)c4ccccc24)cc13. The van der Waals surface area contributed by atoms with E-state index >= 15 is 0 Å². The number of rotatable bonds is 2. The molecule has 0 aliphatic rings. The fraction of sp³-hybridized carbons (Fsp3) is 0. The minimum absolute atomic E-state index is 0.914. The smallest absolute Gasteiger partial charge is 0.136 e. The zero-order valence-electron chi connectivity index (χ0n) is 23.8. The van der Waals surface area contributed by atoms with E-state index in [0.29, 0.717) is 0 Å². The average molecular weight is 560 g/mol. The van der Waals surface area contributed by atoms with Crippen molar-refractivity contribution in [1.29, 1.82) is 0 Å². The minimum atomic E-state index is 0.914. The van der Waals surface area contributed by atoms with Crippen molar-refractivity contribution in [3.63, 3.8) is 0 Å². The Hall–Kier alpha value is -5.86. The summed E-state index contributed by atoms with van der Waals surface area (Å²) >= 11 is 0. The number of hydrogen-bond acceptors (Lipinski definition) is 1. The Bertz CT molecular complexity index is 2780. The van der Waals surface area contributed by atoms with Crippen LogP contribution in [0.2, 0.25) is 0 Å². The summed E-state index contributed by atoms with van der Waals surface area (Å²) in [6, 6.07) is 54.9. The van der Waals surface area contributed by atoms with Gasteiger partial charge >= 0.3 is 0 Å². The van der Waals surface area contributed by atoms with Gasteiger partial charge in [-0.3, -0.25) is 0 Å². The second-order valence-electron chi connectivity index (χ2n) is 11.7. The van der Waals surface area contributed by atoms with E-state index in [9.17, 15) is 0 Å². The van der Waals surface area contributed by atoms with Crippen LogP contribution < -0.4 is 0 Å². The molecule has 2 aromatic heterocycles. The van der Waals surface area contributed by atoms with E-state index in [1.807, 2.05) is 0 Å². The van der Waals surface area contributed by atoms with Gasteiger partial charge in [0.2, 0.25) is 0 Å². The molecule has 204 valence electrons. The highest BCUT2D eigenvalue weighted by atomic mass is 16.3. The lowest BCUT2D eigenvalue weighted by Gasteiger charge is -2.15. The first-order chi connectivity index (χ1) is 21.8. The van der Waals surface area contributed by atoms with Gasteiger partial charge < -0.3 is 8.98 Å². The molecule has 10 rings (SSSR count). The highest BCUT2D eigenvalue weighted by Crippen LogP contribution is 2.41. The maximum absolute atomic E-state index is 6.32. The average Bonchev–Trinajstić information content (AvgIpc) is 3.61. The Morgan fingerprint density at radius 1 is 0.386 bits per heavy atom. The summed E-state index contributed by atoms with van der Waals surface area (Å²) in [5.74, 6) is 0. The molecular formula is C42H25NO. The zero-order chi connectivity index (χ0) is 28.8. The molecule has 0 amide bonds. The normalized spacial score (nSPS) is 12.1. The summed E-state index contributed by atoms with van der Waals surface area (Å²) in [5, 5.41) is 12.3. The van der Waals surface area contributed by atoms with Crippen LogP contribution in [-0.4, -0.2) is 4.57 Å². The maximum atomic E-state index is 6.32. The topological polar surface area (TPSA) is 18.1 Å². The van der Waals surface area contributed by atoms with Gasteiger partial charge in [0.1, 0.15) is 11.2 Å². The lowest BCUT2D eigenvalue weighted by Crippen LogP contribution is -1.96. The largest absolute Gasteiger partial charge is 0.456 e. The number of benzene rings is 8. The van der Waals surface area contributed by atoms with Gasteiger partial charge in [-0.1, -0.05) is 109 Å². The first-order valence-corrected chi connectivity index (χ1v) is 15.1. The van der Waals surface area contributed by atoms with Crippen LogP contribution in [0.5, 0.6) is 0 Å². The Kier molecular flexibility index (Phi) is 4.75. The first-order valence-electron chi connectivity index (χ1n) is 15.1. The first kappa shape index (κ1) is 23.7. The van der Waals surface area contributed by atoms with Crippen molar-refractivity contribution in [2.75, 3.05) is 0 Å². The number of para-hydroxylation sites is 1. The predicted octanol–water partition coefficient (Wildman–Crippen LogP) is 11.8. The van der Waals surface area contributed by atoms with Crippen LogP contribution in [0.25, 0.3) is 92.9 Å². The molecule has 0 fully saturated rings. The highest BCUT2D eigenvalue weighted by molar-refractivity contribution is 6.22. The Labute approximate surface area is 253 Å². The molecule has 0 saturated carbocycles. The molecule has 0 saturated heterocycles. The quantitative estimate of drug-likeness (QED) is 0.206. The monoisotopic (exact) mass is 559 g/mol. The van der Waals surface area contributed by atoms with E-state index in [-0.39, 0.29) is 0 Å². The zero-order valence-corrected chi connectivity index (χ0v) is 23.8. The molecule has 0 unspecified atom stereocenters. The molecule has 0 atom stereocenters. The van der Waals surface area contributed by atoms with Crippen LogP contribution in [0.3, 0.4) is 0 Å². The molecule has 2 heteroatoms. The molecule has 10 aromatic rings. The molecule has 0 aliphatic heterocycles. The third-order valence-electron chi connectivity index (χ3n) is 9.35. The Morgan fingerprint density at radius 3 is 1.93 bits per heavy atom. The summed E-state index contributed by atoms with van der Waals surface area (Å²) < 4.78 is 8.76. The lowest BCUT2D eigenvalue weighted by molar-refractivity contribution is 0.669. The fourth-order valence-corrected chi connectivity index (χ4v) is 7.36. The molecule has 0 N–H and O–H groups in total. The molecule has 0 radical (unpaired) electrons. The van der Waals surface area contributed by atoms with Crippen LogP contribution in [-0.2, 0) is 0 Å². The molecule has 44 heavy (non-hydrogen) atoms. The van der Waals surface area contributed by atoms with E-state index in [4.69, 9.17) is 4.42 Å². The van der Waals surface area contributed by atoms with Crippen LogP contribution >= 0.6 is 0 Å². The summed E-state index contributed by atoms with van der Waals surface area (Å²) in [5.41, 5.74) is 7.87.